The minimum Gasteiger partial charge on any atom is -0.497 e. The van der Waals surface area contributed by atoms with Crippen LogP contribution >= 0.6 is 0 Å². The molecule has 0 bridgehead atoms. The molecule has 0 aromatic heterocycles. The van der Waals surface area contributed by atoms with Gasteiger partial charge in [0.2, 0.25) is 0 Å². The fourth-order valence-corrected chi connectivity index (χ4v) is 4.56. The normalized spacial score (nSPS) is 31.2. The van der Waals surface area contributed by atoms with Crippen LogP contribution in [0.2, 0.25) is 0 Å². The molecule has 3 aliphatic rings. The number of carbonyl (C=O) groups excluding carboxylic acids is 1. The zero-order valence-corrected chi connectivity index (χ0v) is 15.7. The molecule has 6 nitrogen and oxygen atoms in total. The molecule has 2 fully saturated rings. The van der Waals surface area contributed by atoms with Gasteiger partial charge in [-0.25, -0.2) is 0 Å². The molecule has 26 heavy (non-hydrogen) atoms. The Kier molecular flexibility index (Phi) is 4.35. The zero-order chi connectivity index (χ0) is 18.4. The molecule has 1 aromatic rings. The number of hydrogen-bond donors (Lipinski definition) is 1. The fourth-order valence-electron chi connectivity index (χ4n) is 4.56. The number of hydrogen-bond acceptors (Lipinski definition) is 6. The van der Waals surface area contributed by atoms with Crippen LogP contribution in [0.25, 0.3) is 0 Å². The van der Waals surface area contributed by atoms with Crippen molar-refractivity contribution in [2.24, 2.45) is 11.3 Å². The number of rotatable bonds is 4. The molecule has 142 valence electrons. The highest BCUT2D eigenvalue weighted by molar-refractivity contribution is 5.69. The average Bonchev–Trinajstić information content (AvgIpc) is 2.64. The molecule has 0 saturated carbocycles. The molecule has 3 aliphatic heterocycles. The summed E-state index contributed by atoms with van der Waals surface area (Å²) >= 11 is 0. The van der Waals surface area contributed by atoms with Crippen molar-refractivity contribution < 1.29 is 23.7 Å². The summed E-state index contributed by atoms with van der Waals surface area (Å²) in [5.41, 5.74) is 0.788. The summed E-state index contributed by atoms with van der Waals surface area (Å²) in [5, 5.41) is 3.38. The van der Waals surface area contributed by atoms with E-state index in [0.717, 1.165) is 43.2 Å². The lowest BCUT2D eigenvalue weighted by atomic mass is 9.64. The van der Waals surface area contributed by atoms with Crippen LogP contribution in [-0.2, 0) is 14.3 Å². The van der Waals surface area contributed by atoms with Crippen LogP contribution in [0.1, 0.15) is 37.9 Å². The molecular formula is C20H27NO5. The first-order chi connectivity index (χ1) is 12.5. The molecule has 0 radical (unpaired) electrons. The second kappa shape index (κ2) is 6.43. The van der Waals surface area contributed by atoms with Crippen molar-refractivity contribution in [3.63, 3.8) is 0 Å². The van der Waals surface area contributed by atoms with Crippen molar-refractivity contribution in [1.82, 2.24) is 5.32 Å². The van der Waals surface area contributed by atoms with E-state index >= 15 is 0 Å². The van der Waals surface area contributed by atoms with Gasteiger partial charge in [0, 0.05) is 42.5 Å². The van der Waals surface area contributed by atoms with Gasteiger partial charge >= 0.3 is 5.97 Å². The minimum atomic E-state index is -0.485. The Morgan fingerprint density at radius 2 is 2.15 bits per heavy atom. The van der Waals surface area contributed by atoms with Crippen molar-refractivity contribution in [2.75, 3.05) is 33.9 Å². The van der Waals surface area contributed by atoms with E-state index < -0.39 is 5.60 Å². The summed E-state index contributed by atoms with van der Waals surface area (Å²) in [6, 6.07) is 5.91. The molecule has 1 aromatic carbocycles. The lowest BCUT2D eigenvalue weighted by molar-refractivity contribution is -0.182. The maximum Gasteiger partial charge on any atom is 0.305 e. The predicted octanol–water partition coefficient (Wildman–Crippen LogP) is 2.47. The molecule has 3 atom stereocenters. The second-order valence-electron chi connectivity index (χ2n) is 8.04. The van der Waals surface area contributed by atoms with E-state index in [1.54, 1.807) is 7.11 Å². The molecule has 0 amide bonds. The van der Waals surface area contributed by atoms with Crippen LogP contribution in [-0.4, -0.2) is 45.5 Å². The maximum atomic E-state index is 11.8. The highest BCUT2D eigenvalue weighted by Gasteiger charge is 2.55. The molecular weight excluding hydrogens is 334 g/mol. The van der Waals surface area contributed by atoms with E-state index in [-0.39, 0.29) is 23.4 Å². The number of carbonyl (C=O) groups is 1. The summed E-state index contributed by atoms with van der Waals surface area (Å²) < 4.78 is 23.1. The van der Waals surface area contributed by atoms with Crippen LogP contribution in [0.4, 0.5) is 0 Å². The maximum absolute atomic E-state index is 11.8. The Bertz CT molecular complexity index is 701. The Labute approximate surface area is 154 Å². The first-order valence-electron chi connectivity index (χ1n) is 9.25. The summed E-state index contributed by atoms with van der Waals surface area (Å²) in [4.78, 5) is 11.8. The predicted molar refractivity (Wildman–Crippen MR) is 95.4 cm³/mol. The van der Waals surface area contributed by atoms with Crippen LogP contribution < -0.4 is 14.8 Å². The molecule has 6 heteroatoms. The SMILES string of the molecule is COC(=O)CC[C@]1(C)Oc2cc(OC)ccc2[C@H]2OCC3(CNC3)C[C@@H]21. The van der Waals surface area contributed by atoms with Gasteiger partial charge in [-0.05, 0) is 31.9 Å². The number of methoxy groups -OCH3 is 2. The molecule has 1 spiro atoms. The Hall–Kier alpha value is -1.79. The van der Waals surface area contributed by atoms with Crippen molar-refractivity contribution >= 4 is 5.97 Å². The van der Waals surface area contributed by atoms with E-state index in [1.807, 2.05) is 18.2 Å². The second-order valence-corrected chi connectivity index (χ2v) is 8.04. The van der Waals surface area contributed by atoms with Gasteiger partial charge in [-0.15, -0.1) is 0 Å². The fraction of sp³-hybridized carbons (Fsp3) is 0.650. The third kappa shape index (κ3) is 2.85. The summed E-state index contributed by atoms with van der Waals surface area (Å²) in [6.07, 6.45) is 1.96. The van der Waals surface area contributed by atoms with Gasteiger partial charge in [0.1, 0.15) is 17.1 Å². The monoisotopic (exact) mass is 361 g/mol. The quantitative estimate of drug-likeness (QED) is 0.831. The third-order valence-electron chi connectivity index (χ3n) is 6.30. The van der Waals surface area contributed by atoms with Gasteiger partial charge < -0.3 is 24.3 Å². The lowest BCUT2D eigenvalue weighted by Gasteiger charge is -2.56. The van der Waals surface area contributed by atoms with Gasteiger partial charge in [0.15, 0.2) is 0 Å². The Morgan fingerprint density at radius 3 is 2.81 bits per heavy atom. The van der Waals surface area contributed by atoms with Gasteiger partial charge in [0.05, 0.1) is 26.9 Å². The Balaban J connectivity index is 1.67. The molecule has 4 rings (SSSR count). The first-order valence-corrected chi connectivity index (χ1v) is 9.25. The van der Waals surface area contributed by atoms with Gasteiger partial charge in [-0.3, -0.25) is 4.79 Å². The smallest absolute Gasteiger partial charge is 0.305 e. The Morgan fingerprint density at radius 1 is 1.35 bits per heavy atom. The van der Waals surface area contributed by atoms with Crippen LogP contribution in [0.3, 0.4) is 0 Å². The largest absolute Gasteiger partial charge is 0.497 e. The topological polar surface area (TPSA) is 66.0 Å². The molecule has 1 N–H and O–H groups in total. The standard InChI is InChI=1S/C20H27NO5/c1-19(7-6-17(22)24-3)15-9-20(10-21-11-20)12-25-18(15)14-5-4-13(23-2)8-16(14)26-19/h4-5,8,15,18,21H,6-7,9-12H2,1-3H3/t15-,18+,19-/m0/s1. The lowest BCUT2D eigenvalue weighted by Crippen LogP contribution is -2.63. The molecule has 0 unspecified atom stereocenters. The van der Waals surface area contributed by atoms with Crippen molar-refractivity contribution in [2.45, 2.75) is 37.9 Å². The van der Waals surface area contributed by atoms with Crippen molar-refractivity contribution in [3.8, 4) is 11.5 Å². The molecule has 2 saturated heterocycles. The number of fused-ring (bicyclic) bond motifs is 3. The van der Waals surface area contributed by atoms with E-state index in [0.29, 0.717) is 12.8 Å². The van der Waals surface area contributed by atoms with Gasteiger partial charge in [-0.2, -0.15) is 0 Å². The van der Waals surface area contributed by atoms with Gasteiger partial charge in [0.25, 0.3) is 0 Å². The summed E-state index contributed by atoms with van der Waals surface area (Å²) in [5.74, 6) is 1.54. The van der Waals surface area contributed by atoms with E-state index in [9.17, 15) is 4.79 Å². The number of ether oxygens (including phenoxy) is 4. The third-order valence-corrected chi connectivity index (χ3v) is 6.30. The number of benzene rings is 1. The number of esters is 1. The first kappa shape index (κ1) is 17.6. The minimum absolute atomic E-state index is 0.0153. The van der Waals surface area contributed by atoms with Crippen molar-refractivity contribution in [1.29, 1.82) is 0 Å². The van der Waals surface area contributed by atoms with E-state index in [2.05, 4.69) is 12.2 Å². The molecule has 3 heterocycles. The highest BCUT2D eigenvalue weighted by atomic mass is 16.5. The van der Waals surface area contributed by atoms with Crippen LogP contribution in [0.15, 0.2) is 18.2 Å². The van der Waals surface area contributed by atoms with E-state index in [4.69, 9.17) is 18.9 Å². The van der Waals surface area contributed by atoms with Crippen molar-refractivity contribution in [3.05, 3.63) is 23.8 Å². The number of nitrogens with one attached hydrogen (secondary N) is 1. The zero-order valence-electron chi connectivity index (χ0n) is 15.7. The van der Waals surface area contributed by atoms with Gasteiger partial charge in [-0.1, -0.05) is 0 Å². The highest BCUT2D eigenvalue weighted by Crippen LogP contribution is 2.55. The summed E-state index contributed by atoms with van der Waals surface area (Å²) in [6.45, 7) is 4.84. The van der Waals surface area contributed by atoms with E-state index in [1.165, 1.54) is 7.11 Å². The van der Waals surface area contributed by atoms with Crippen LogP contribution in [0, 0.1) is 11.3 Å². The summed E-state index contributed by atoms with van der Waals surface area (Å²) in [7, 11) is 3.07. The van der Waals surface area contributed by atoms with Crippen LogP contribution in [0.5, 0.6) is 11.5 Å². The molecule has 0 aliphatic carbocycles. The average molecular weight is 361 g/mol.